The number of nitrogens with zero attached hydrogens (tertiary/aromatic N) is 4. The average Bonchev–Trinajstić information content (AvgIpc) is 3.06. The van der Waals surface area contributed by atoms with E-state index in [9.17, 15) is 0 Å². The van der Waals surface area contributed by atoms with Gasteiger partial charge in [-0.25, -0.2) is 9.97 Å². The van der Waals surface area contributed by atoms with Crippen LogP contribution in [0.2, 0.25) is 0 Å². The number of fused-ring (bicyclic) bond motifs is 2. The normalized spacial score (nSPS) is 12.8. The van der Waals surface area contributed by atoms with Gasteiger partial charge in [0.2, 0.25) is 0 Å². The van der Waals surface area contributed by atoms with Crippen molar-refractivity contribution in [2.24, 2.45) is 4.99 Å². The summed E-state index contributed by atoms with van der Waals surface area (Å²) in [7, 11) is 0. The SMILES string of the molecule is Cc1c[nH]c2ncnc(Nc3cnc4c(c3)C=NC4)c12. The molecule has 1 aliphatic heterocycles. The third-order valence-electron chi connectivity index (χ3n) is 3.40. The summed E-state index contributed by atoms with van der Waals surface area (Å²) in [5, 5.41) is 4.31. The zero-order valence-corrected chi connectivity index (χ0v) is 10.9. The molecule has 0 aliphatic carbocycles. The molecule has 0 atom stereocenters. The monoisotopic (exact) mass is 264 g/mol. The van der Waals surface area contributed by atoms with Crippen molar-refractivity contribution >= 4 is 28.8 Å². The molecule has 0 saturated carbocycles. The molecule has 1 aliphatic rings. The predicted octanol–water partition coefficient (Wildman–Crippen LogP) is 2.34. The summed E-state index contributed by atoms with van der Waals surface area (Å²) >= 11 is 0. The van der Waals surface area contributed by atoms with E-state index in [1.54, 1.807) is 6.33 Å². The predicted molar refractivity (Wildman–Crippen MR) is 77.4 cm³/mol. The first kappa shape index (κ1) is 11.1. The number of nitrogens with one attached hydrogen (secondary N) is 2. The molecule has 98 valence electrons. The molecule has 0 bridgehead atoms. The molecule has 20 heavy (non-hydrogen) atoms. The molecule has 4 rings (SSSR count). The van der Waals surface area contributed by atoms with Crippen molar-refractivity contribution in [1.82, 2.24) is 19.9 Å². The zero-order chi connectivity index (χ0) is 13.5. The third-order valence-corrected chi connectivity index (χ3v) is 3.40. The molecule has 4 heterocycles. The van der Waals surface area contributed by atoms with Gasteiger partial charge < -0.3 is 10.3 Å². The van der Waals surface area contributed by atoms with E-state index in [0.717, 1.165) is 39.4 Å². The molecular weight excluding hydrogens is 252 g/mol. The van der Waals surface area contributed by atoms with Crippen LogP contribution in [-0.4, -0.2) is 26.2 Å². The number of aryl methyl sites for hydroxylation is 1. The lowest BCUT2D eigenvalue weighted by molar-refractivity contribution is 1.02. The molecule has 0 spiro atoms. The minimum absolute atomic E-state index is 0.671. The van der Waals surface area contributed by atoms with Crippen LogP contribution in [0.1, 0.15) is 16.8 Å². The summed E-state index contributed by atoms with van der Waals surface area (Å²) < 4.78 is 0. The number of aromatic nitrogens is 4. The Hall–Kier alpha value is -2.76. The van der Waals surface area contributed by atoms with Crippen LogP contribution in [0.4, 0.5) is 11.5 Å². The quantitative estimate of drug-likeness (QED) is 0.744. The molecule has 6 nitrogen and oxygen atoms in total. The minimum atomic E-state index is 0.671. The summed E-state index contributed by atoms with van der Waals surface area (Å²) in [6, 6.07) is 2.04. The molecule has 0 aromatic carbocycles. The summed E-state index contributed by atoms with van der Waals surface area (Å²) in [5.74, 6) is 0.783. The fraction of sp³-hybridized carbons (Fsp3) is 0.143. The number of hydrogen-bond donors (Lipinski definition) is 2. The van der Waals surface area contributed by atoms with Gasteiger partial charge in [-0.3, -0.25) is 9.98 Å². The van der Waals surface area contributed by atoms with Gasteiger partial charge in [0.15, 0.2) is 0 Å². The fourth-order valence-corrected chi connectivity index (χ4v) is 2.40. The number of rotatable bonds is 2. The van der Waals surface area contributed by atoms with Crippen LogP contribution in [0.15, 0.2) is 29.8 Å². The lowest BCUT2D eigenvalue weighted by Crippen LogP contribution is -1.98. The van der Waals surface area contributed by atoms with Crippen molar-refractivity contribution in [3.8, 4) is 0 Å². The maximum atomic E-state index is 4.41. The Kier molecular flexibility index (Phi) is 2.29. The number of aliphatic imine (C=N–C) groups is 1. The van der Waals surface area contributed by atoms with E-state index in [0.29, 0.717) is 6.54 Å². The number of anilines is 2. The largest absolute Gasteiger partial charge is 0.346 e. The van der Waals surface area contributed by atoms with Gasteiger partial charge in [-0.15, -0.1) is 0 Å². The van der Waals surface area contributed by atoms with E-state index in [2.05, 4.69) is 30.2 Å². The highest BCUT2D eigenvalue weighted by atomic mass is 15.0. The lowest BCUT2D eigenvalue weighted by atomic mass is 10.2. The standard InChI is InChI=1S/C14H12N6/c1-8-3-17-13-12(8)14(19-7-18-13)20-10-2-9-4-15-6-11(9)16-5-10/h2-5,7H,6H2,1H3,(H2,17,18,19,20). The Morgan fingerprint density at radius 3 is 3.15 bits per heavy atom. The van der Waals surface area contributed by atoms with Crippen LogP contribution in [0.3, 0.4) is 0 Å². The molecule has 3 aromatic heterocycles. The first-order chi connectivity index (χ1) is 9.81. The van der Waals surface area contributed by atoms with E-state index in [1.165, 1.54) is 0 Å². The van der Waals surface area contributed by atoms with Crippen LogP contribution in [0.25, 0.3) is 11.0 Å². The Morgan fingerprint density at radius 1 is 1.25 bits per heavy atom. The van der Waals surface area contributed by atoms with Crippen molar-refractivity contribution in [3.63, 3.8) is 0 Å². The molecule has 0 unspecified atom stereocenters. The first-order valence-corrected chi connectivity index (χ1v) is 6.36. The lowest BCUT2D eigenvalue weighted by Gasteiger charge is -2.08. The van der Waals surface area contributed by atoms with Gasteiger partial charge >= 0.3 is 0 Å². The topological polar surface area (TPSA) is 78.9 Å². The van der Waals surface area contributed by atoms with Crippen molar-refractivity contribution in [1.29, 1.82) is 0 Å². The van der Waals surface area contributed by atoms with Gasteiger partial charge in [-0.2, -0.15) is 0 Å². The van der Waals surface area contributed by atoms with Gasteiger partial charge in [0, 0.05) is 18.0 Å². The minimum Gasteiger partial charge on any atom is -0.346 e. The molecule has 0 saturated heterocycles. The van der Waals surface area contributed by atoms with Crippen molar-refractivity contribution in [3.05, 3.63) is 41.6 Å². The zero-order valence-electron chi connectivity index (χ0n) is 10.9. The van der Waals surface area contributed by atoms with E-state index in [-0.39, 0.29) is 0 Å². The van der Waals surface area contributed by atoms with Gasteiger partial charge in [0.05, 0.1) is 29.5 Å². The number of hydrogen-bond acceptors (Lipinski definition) is 5. The molecule has 3 aromatic rings. The first-order valence-electron chi connectivity index (χ1n) is 6.36. The Bertz CT molecular complexity index is 833. The summed E-state index contributed by atoms with van der Waals surface area (Å²) in [6.07, 6.45) is 7.13. The fourth-order valence-electron chi connectivity index (χ4n) is 2.40. The smallest absolute Gasteiger partial charge is 0.143 e. The second kappa shape index (κ2) is 4.12. The van der Waals surface area contributed by atoms with Gasteiger partial charge in [0.1, 0.15) is 17.8 Å². The van der Waals surface area contributed by atoms with E-state index >= 15 is 0 Å². The third kappa shape index (κ3) is 1.65. The maximum absolute atomic E-state index is 4.41. The Labute approximate surface area is 115 Å². The van der Waals surface area contributed by atoms with Crippen molar-refractivity contribution in [2.75, 3.05) is 5.32 Å². The second-order valence-electron chi connectivity index (χ2n) is 4.77. The highest BCUT2D eigenvalue weighted by molar-refractivity contribution is 5.92. The van der Waals surface area contributed by atoms with Crippen LogP contribution in [0, 0.1) is 6.92 Å². The average molecular weight is 264 g/mol. The molecule has 0 fully saturated rings. The summed E-state index contributed by atoms with van der Waals surface area (Å²) in [5.41, 5.74) is 4.92. The van der Waals surface area contributed by atoms with Crippen LogP contribution in [-0.2, 0) is 6.54 Å². The highest BCUT2D eigenvalue weighted by Crippen LogP contribution is 2.26. The van der Waals surface area contributed by atoms with Crippen LogP contribution in [0.5, 0.6) is 0 Å². The second-order valence-corrected chi connectivity index (χ2v) is 4.77. The molecular formula is C14H12N6. The highest BCUT2D eigenvalue weighted by Gasteiger charge is 2.11. The maximum Gasteiger partial charge on any atom is 0.143 e. The Balaban J connectivity index is 1.77. The van der Waals surface area contributed by atoms with E-state index < -0.39 is 0 Å². The number of pyridine rings is 1. The van der Waals surface area contributed by atoms with Crippen LogP contribution < -0.4 is 5.32 Å². The van der Waals surface area contributed by atoms with Crippen molar-refractivity contribution in [2.45, 2.75) is 13.5 Å². The summed E-state index contributed by atoms with van der Waals surface area (Å²) in [6.45, 7) is 2.70. The number of aromatic amines is 1. The van der Waals surface area contributed by atoms with Gasteiger partial charge in [0.25, 0.3) is 0 Å². The Morgan fingerprint density at radius 2 is 2.20 bits per heavy atom. The molecule has 0 radical (unpaired) electrons. The number of H-pyrrole nitrogens is 1. The van der Waals surface area contributed by atoms with Crippen LogP contribution >= 0.6 is 0 Å². The summed E-state index contributed by atoms with van der Waals surface area (Å²) in [4.78, 5) is 20.3. The van der Waals surface area contributed by atoms with Gasteiger partial charge in [-0.05, 0) is 18.6 Å². The molecule has 2 N–H and O–H groups in total. The van der Waals surface area contributed by atoms with E-state index in [1.807, 2.05) is 31.6 Å². The molecule has 6 heteroatoms. The van der Waals surface area contributed by atoms with Gasteiger partial charge in [-0.1, -0.05) is 0 Å². The molecule has 0 amide bonds. The van der Waals surface area contributed by atoms with E-state index in [4.69, 9.17) is 0 Å². The van der Waals surface area contributed by atoms with Crippen molar-refractivity contribution < 1.29 is 0 Å².